The lowest BCUT2D eigenvalue weighted by atomic mass is 10.1. The van der Waals surface area contributed by atoms with Crippen LogP contribution >= 0.6 is 11.8 Å². The Kier molecular flexibility index (Phi) is 7.02. The molecule has 0 saturated carbocycles. The van der Waals surface area contributed by atoms with E-state index >= 15 is 0 Å². The van der Waals surface area contributed by atoms with E-state index in [1.54, 1.807) is 0 Å². The zero-order valence-corrected chi connectivity index (χ0v) is 16.1. The van der Waals surface area contributed by atoms with Gasteiger partial charge < -0.3 is 10.6 Å². The van der Waals surface area contributed by atoms with E-state index in [1.807, 2.05) is 0 Å². The third kappa shape index (κ3) is 6.31. The fraction of sp³-hybridized carbons (Fsp3) is 0.211. The van der Waals surface area contributed by atoms with Crippen LogP contribution in [0.15, 0.2) is 41.3 Å². The van der Waals surface area contributed by atoms with Crippen LogP contribution in [0.25, 0.3) is 0 Å². The average Bonchev–Trinajstić information content (AvgIpc) is 2.60. The van der Waals surface area contributed by atoms with Crippen molar-refractivity contribution in [3.63, 3.8) is 0 Å². The fourth-order valence-corrected chi connectivity index (χ4v) is 3.06. The van der Waals surface area contributed by atoms with E-state index < -0.39 is 35.1 Å². The molecule has 2 aromatic rings. The zero-order valence-electron chi connectivity index (χ0n) is 15.3. The maximum atomic E-state index is 14.0. The van der Waals surface area contributed by atoms with Gasteiger partial charge in [-0.1, -0.05) is 6.07 Å². The summed E-state index contributed by atoms with van der Waals surface area (Å²) in [5.41, 5.74) is -1.50. The van der Waals surface area contributed by atoms with E-state index in [9.17, 15) is 31.9 Å². The molecule has 0 aliphatic carbocycles. The van der Waals surface area contributed by atoms with E-state index in [0.717, 1.165) is 30.8 Å². The summed E-state index contributed by atoms with van der Waals surface area (Å²) in [6.45, 7) is 2.44. The lowest BCUT2D eigenvalue weighted by Gasteiger charge is -2.15. The molecule has 2 rings (SSSR count). The summed E-state index contributed by atoms with van der Waals surface area (Å²) in [5, 5.41) is 4.39. The largest absolute Gasteiger partial charge is 0.418 e. The van der Waals surface area contributed by atoms with Gasteiger partial charge in [0.25, 0.3) is 0 Å². The molecule has 154 valence electrons. The summed E-state index contributed by atoms with van der Waals surface area (Å²) in [7, 11) is 0. The van der Waals surface area contributed by atoms with Crippen LogP contribution in [0.4, 0.5) is 28.9 Å². The van der Waals surface area contributed by atoms with Crippen molar-refractivity contribution in [2.75, 3.05) is 16.4 Å². The van der Waals surface area contributed by atoms with Crippen LogP contribution < -0.4 is 10.6 Å². The highest BCUT2D eigenvalue weighted by Gasteiger charge is 2.34. The number of rotatable bonds is 6. The van der Waals surface area contributed by atoms with Crippen molar-refractivity contribution in [2.45, 2.75) is 24.9 Å². The molecule has 2 aromatic carbocycles. The molecule has 0 spiro atoms. The van der Waals surface area contributed by atoms with Crippen molar-refractivity contribution in [1.29, 1.82) is 0 Å². The molecule has 10 heteroatoms. The number of alkyl halides is 3. The Morgan fingerprint density at radius 3 is 2.24 bits per heavy atom. The van der Waals surface area contributed by atoms with Gasteiger partial charge in [-0.2, -0.15) is 13.2 Å². The average molecular weight is 428 g/mol. The Morgan fingerprint density at radius 1 is 1.00 bits per heavy atom. The van der Waals surface area contributed by atoms with Crippen LogP contribution in [0.3, 0.4) is 0 Å². The number of halogens is 4. The van der Waals surface area contributed by atoms with E-state index in [0.29, 0.717) is 6.07 Å². The van der Waals surface area contributed by atoms with Gasteiger partial charge in [0, 0.05) is 23.1 Å². The Bertz CT molecular complexity index is 961. The van der Waals surface area contributed by atoms with Gasteiger partial charge in [-0.3, -0.25) is 14.4 Å². The van der Waals surface area contributed by atoms with Gasteiger partial charge in [0.2, 0.25) is 11.8 Å². The lowest BCUT2D eigenvalue weighted by Crippen LogP contribution is -2.19. The first-order valence-corrected chi connectivity index (χ1v) is 9.18. The molecule has 0 unspecified atom stereocenters. The Labute approximate surface area is 167 Å². The molecule has 0 aliphatic rings. The Morgan fingerprint density at radius 2 is 1.69 bits per heavy atom. The van der Waals surface area contributed by atoms with E-state index in [-0.39, 0.29) is 27.7 Å². The van der Waals surface area contributed by atoms with Crippen molar-refractivity contribution in [2.24, 2.45) is 0 Å². The molecule has 5 nitrogen and oxygen atoms in total. The van der Waals surface area contributed by atoms with E-state index in [2.05, 4.69) is 10.6 Å². The predicted molar refractivity (Wildman–Crippen MR) is 102 cm³/mol. The van der Waals surface area contributed by atoms with Crippen molar-refractivity contribution < 1.29 is 31.9 Å². The molecule has 0 atom stereocenters. The van der Waals surface area contributed by atoms with Crippen LogP contribution in [0.1, 0.15) is 29.8 Å². The third-order valence-electron chi connectivity index (χ3n) is 3.62. The standard InChI is InChI=1S/C19H16F4N2O3S/c1-10(26)12-3-6-17(15(20)7-12)29-9-18(28)25-16-5-4-13(24-11(2)27)8-14(16)19(21,22)23/h3-8H,9H2,1-2H3,(H,24,27)(H,25,28). The zero-order chi connectivity index (χ0) is 21.8. The van der Waals surface area contributed by atoms with Crippen LogP contribution in [0.5, 0.6) is 0 Å². The SMILES string of the molecule is CC(=O)Nc1ccc(NC(=O)CSc2ccc(C(C)=O)cc2F)c(C(F)(F)F)c1. The molecule has 29 heavy (non-hydrogen) atoms. The number of hydrogen-bond acceptors (Lipinski definition) is 4. The first-order valence-electron chi connectivity index (χ1n) is 8.19. The predicted octanol–water partition coefficient (Wildman–Crippen LogP) is 4.74. The highest BCUT2D eigenvalue weighted by molar-refractivity contribution is 8.00. The Hall–Kier alpha value is -2.88. The van der Waals surface area contributed by atoms with Crippen LogP contribution in [0.2, 0.25) is 0 Å². The summed E-state index contributed by atoms with van der Waals surface area (Å²) < 4.78 is 53.8. The van der Waals surface area contributed by atoms with Crippen LogP contribution in [-0.2, 0) is 15.8 Å². The van der Waals surface area contributed by atoms with Crippen molar-refractivity contribution >= 4 is 40.7 Å². The maximum Gasteiger partial charge on any atom is 0.418 e. The second-order valence-corrected chi connectivity index (χ2v) is 6.99. The summed E-state index contributed by atoms with van der Waals surface area (Å²) in [6, 6.07) is 6.72. The van der Waals surface area contributed by atoms with Crippen molar-refractivity contribution in [1.82, 2.24) is 0 Å². The first-order chi connectivity index (χ1) is 13.5. The lowest BCUT2D eigenvalue weighted by molar-refractivity contribution is -0.137. The topological polar surface area (TPSA) is 75.3 Å². The van der Waals surface area contributed by atoms with Gasteiger partial charge in [0.1, 0.15) is 5.82 Å². The maximum absolute atomic E-state index is 14.0. The molecule has 0 fully saturated rings. The van der Waals surface area contributed by atoms with Gasteiger partial charge in [0.15, 0.2) is 5.78 Å². The third-order valence-corrected chi connectivity index (χ3v) is 4.67. The first kappa shape index (κ1) is 22.4. The number of ketones is 1. The number of Topliss-reactive ketones (excluding diaryl/α,β-unsaturated/α-hetero) is 1. The molecule has 0 bridgehead atoms. The number of hydrogen-bond donors (Lipinski definition) is 2. The highest BCUT2D eigenvalue weighted by atomic mass is 32.2. The van der Waals surface area contributed by atoms with Gasteiger partial charge in [0.05, 0.1) is 17.0 Å². The summed E-state index contributed by atoms with van der Waals surface area (Å²) in [5.74, 6) is -2.68. The normalized spacial score (nSPS) is 11.1. The molecule has 0 aromatic heterocycles. The molecule has 2 amide bonds. The van der Waals surface area contributed by atoms with Gasteiger partial charge >= 0.3 is 6.18 Å². The number of carbonyl (C=O) groups excluding carboxylic acids is 3. The molecular weight excluding hydrogens is 412 g/mol. The summed E-state index contributed by atoms with van der Waals surface area (Å²) >= 11 is 0.783. The number of anilines is 2. The number of carbonyl (C=O) groups is 3. The minimum atomic E-state index is -4.77. The highest BCUT2D eigenvalue weighted by Crippen LogP contribution is 2.36. The number of amides is 2. The van der Waals surface area contributed by atoms with E-state index in [4.69, 9.17) is 0 Å². The van der Waals surface area contributed by atoms with Gasteiger partial charge in [-0.25, -0.2) is 4.39 Å². The smallest absolute Gasteiger partial charge is 0.326 e. The minimum Gasteiger partial charge on any atom is -0.326 e. The fourth-order valence-electron chi connectivity index (χ4n) is 2.34. The summed E-state index contributed by atoms with van der Waals surface area (Å²) in [6.07, 6.45) is -4.77. The molecular formula is C19H16F4N2O3S. The van der Waals surface area contributed by atoms with Gasteiger partial charge in [-0.05, 0) is 37.3 Å². The molecule has 0 radical (unpaired) electrons. The van der Waals surface area contributed by atoms with E-state index in [1.165, 1.54) is 25.1 Å². The number of nitrogens with one attached hydrogen (secondary N) is 2. The second kappa shape index (κ2) is 9.08. The number of benzene rings is 2. The number of thioether (sulfide) groups is 1. The molecule has 0 aliphatic heterocycles. The van der Waals surface area contributed by atoms with Gasteiger partial charge in [-0.15, -0.1) is 11.8 Å². The van der Waals surface area contributed by atoms with Crippen molar-refractivity contribution in [3.05, 3.63) is 53.3 Å². The molecule has 0 saturated heterocycles. The second-order valence-electron chi connectivity index (χ2n) is 5.98. The molecule has 0 heterocycles. The summed E-state index contributed by atoms with van der Waals surface area (Å²) in [4.78, 5) is 34.4. The quantitative estimate of drug-likeness (QED) is 0.396. The molecule has 2 N–H and O–H groups in total. The van der Waals surface area contributed by atoms with Crippen molar-refractivity contribution in [3.8, 4) is 0 Å². The minimum absolute atomic E-state index is 0.0650. The van der Waals surface area contributed by atoms with Crippen LogP contribution in [0, 0.1) is 5.82 Å². The van der Waals surface area contributed by atoms with Crippen LogP contribution in [-0.4, -0.2) is 23.4 Å². The Balaban J connectivity index is 2.12. The monoisotopic (exact) mass is 428 g/mol.